The minimum Gasteiger partial charge on any atom is -0.461 e. The van der Waals surface area contributed by atoms with Crippen molar-refractivity contribution in [2.75, 3.05) is 20.8 Å². The molecule has 0 unspecified atom stereocenters. The fourth-order valence-corrected chi connectivity index (χ4v) is 11.9. The number of hydrogen-bond donors (Lipinski definition) is 4. The number of rotatable bonds is 8. The zero-order chi connectivity index (χ0) is 52.2. The molecule has 1 saturated carbocycles. The van der Waals surface area contributed by atoms with E-state index in [1.807, 2.05) is 45.9 Å². The molecular formula is C53H81N3O14S. The molecule has 0 radical (unpaired) electrons. The number of aliphatic hydroxyl groups excluding tert-OH is 2. The zero-order valence-electron chi connectivity index (χ0n) is 43.2. The number of carbonyl (C=O) groups is 4. The number of fused-ring (bicyclic) bond motifs is 3. The molecule has 398 valence electrons. The Labute approximate surface area is 420 Å². The molecule has 2 bridgehead atoms. The number of Topliss-reactive ketones (excluding diaryl/α,β-unsaturated/α-hetero) is 2. The lowest BCUT2D eigenvalue weighted by atomic mass is 9.78. The summed E-state index contributed by atoms with van der Waals surface area (Å²) in [6, 6.07) is -2.02. The van der Waals surface area contributed by atoms with E-state index in [1.54, 1.807) is 46.1 Å². The molecule has 1 aromatic heterocycles. The Morgan fingerprint density at radius 2 is 1.63 bits per heavy atom. The Morgan fingerprint density at radius 1 is 0.887 bits per heavy atom. The van der Waals surface area contributed by atoms with Crippen molar-refractivity contribution in [3.05, 3.63) is 60.1 Å². The Bertz CT molecular complexity index is 2180. The highest BCUT2D eigenvalue weighted by Gasteiger charge is 2.53. The maximum atomic E-state index is 14.5. The zero-order valence-corrected chi connectivity index (χ0v) is 44.1. The number of nitrogens with zero attached hydrogens (tertiary/aromatic N) is 2. The second-order valence-corrected chi connectivity index (χ2v) is 22.7. The predicted molar refractivity (Wildman–Crippen MR) is 265 cm³/mol. The number of hydrogen-bond acceptors (Lipinski definition) is 15. The van der Waals surface area contributed by atoms with Crippen LogP contribution < -0.4 is 4.72 Å². The first kappa shape index (κ1) is 58.0. The number of allylic oxidation sites excluding steroid dienone is 6. The fraction of sp³-hybridized carbons (Fsp3) is 0.717. The second kappa shape index (κ2) is 26.4. The van der Waals surface area contributed by atoms with Gasteiger partial charge in [-0.3, -0.25) is 14.4 Å². The molecule has 17 nitrogen and oxygen atoms in total. The van der Waals surface area contributed by atoms with Gasteiger partial charge in [-0.25, -0.2) is 17.9 Å². The molecule has 1 aromatic rings. The van der Waals surface area contributed by atoms with Crippen molar-refractivity contribution in [2.45, 2.75) is 191 Å². The highest BCUT2D eigenvalue weighted by atomic mass is 32.2. The van der Waals surface area contributed by atoms with Crippen LogP contribution >= 0.6 is 0 Å². The van der Waals surface area contributed by atoms with E-state index >= 15 is 0 Å². The van der Waals surface area contributed by atoms with Crippen molar-refractivity contribution >= 4 is 33.5 Å². The van der Waals surface area contributed by atoms with Crippen LogP contribution in [0.25, 0.3) is 0 Å². The number of carbonyl (C=O) groups excluding carboxylic acids is 4. The Hall–Kier alpha value is -3.88. The van der Waals surface area contributed by atoms with Crippen molar-refractivity contribution in [1.29, 1.82) is 0 Å². The Morgan fingerprint density at radius 3 is 2.32 bits per heavy atom. The first-order valence-corrected chi connectivity index (χ1v) is 27.1. The summed E-state index contributed by atoms with van der Waals surface area (Å²) in [5, 5.41) is 37.7. The van der Waals surface area contributed by atoms with E-state index in [2.05, 4.69) is 9.88 Å². The normalized spacial score (nSPS) is 38.2. The maximum absolute atomic E-state index is 14.5. The smallest absolute Gasteiger partial charge is 0.329 e. The van der Waals surface area contributed by atoms with Crippen LogP contribution in [-0.4, -0.2) is 132 Å². The van der Waals surface area contributed by atoms with Crippen molar-refractivity contribution in [2.24, 2.45) is 35.5 Å². The molecule has 4 N–H and O–H groups in total. The molecule has 4 aliphatic rings. The fourth-order valence-electron chi connectivity index (χ4n) is 10.8. The van der Waals surface area contributed by atoms with Gasteiger partial charge in [0.1, 0.15) is 35.5 Å². The molecule has 1 aliphatic carbocycles. The van der Waals surface area contributed by atoms with E-state index in [1.165, 1.54) is 12.0 Å². The quantitative estimate of drug-likeness (QED) is 0.127. The molecule has 0 spiro atoms. The average Bonchev–Trinajstić information content (AvgIpc) is 3.90. The van der Waals surface area contributed by atoms with Crippen molar-refractivity contribution in [3.8, 4) is 0 Å². The van der Waals surface area contributed by atoms with Gasteiger partial charge in [0.05, 0.1) is 24.5 Å². The molecule has 5 rings (SSSR count). The Kier molecular flexibility index (Phi) is 21.5. The lowest BCUT2D eigenvalue weighted by Gasteiger charge is -2.43. The first-order chi connectivity index (χ1) is 33.6. The molecule has 0 aromatic carbocycles. The van der Waals surface area contributed by atoms with E-state index in [9.17, 15) is 42.9 Å². The van der Waals surface area contributed by atoms with E-state index in [4.69, 9.17) is 23.5 Å². The minimum atomic E-state index is -4.17. The molecule has 1 amide bonds. The summed E-state index contributed by atoms with van der Waals surface area (Å²) in [6.07, 6.45) is 14.5. The van der Waals surface area contributed by atoms with Gasteiger partial charge < -0.3 is 43.7 Å². The summed E-state index contributed by atoms with van der Waals surface area (Å²) >= 11 is 0. The standard InChI is InChI=1S/C53H81N3O14S/c1-32-15-11-10-12-16-34(3)42(55-71(64,65)41-30-54-68-31-41)29-40-21-19-38(7)53(63,70-40)50(60)51(61)56-24-14-13-17-43(56)52(62)69-45(35(4)27-39-20-22-44(57)46(28-39)66-8)23-18-33(2)26-37(6)48(59)49(67-9)47(58)36(5)25-32/h10-12,15-16,26,30-33,35-36,38-40,42-46,48-49,55,57,59,63H,13-14,17-25,27-29H2,1-9H3/b12-10+,15-11+,34-16+,37-26+/t32-,33+,35-,36-,38-,39-,40+,42+,43+,44-,45+,46-,48-,49+,53-/m1/s1. The highest BCUT2D eigenvalue weighted by molar-refractivity contribution is 7.89. The Balaban J connectivity index is 1.49. The number of piperidine rings is 1. The van der Waals surface area contributed by atoms with Crippen molar-refractivity contribution in [1.82, 2.24) is 14.8 Å². The van der Waals surface area contributed by atoms with E-state index in [-0.39, 0.29) is 66.3 Å². The van der Waals surface area contributed by atoms with Crippen LogP contribution in [0.3, 0.4) is 0 Å². The molecule has 4 heterocycles. The van der Waals surface area contributed by atoms with Crippen molar-refractivity contribution < 1.29 is 66.4 Å². The van der Waals surface area contributed by atoms with Crippen LogP contribution in [0, 0.1) is 35.5 Å². The molecule has 2 saturated heterocycles. The molecule has 3 aliphatic heterocycles. The summed E-state index contributed by atoms with van der Waals surface area (Å²) < 4.78 is 58.4. The van der Waals surface area contributed by atoms with E-state index in [0.717, 1.165) is 18.9 Å². The minimum absolute atomic E-state index is 0.0212. The number of sulfonamides is 1. The summed E-state index contributed by atoms with van der Waals surface area (Å²) in [6.45, 7) is 13.0. The number of ether oxygens (including phenoxy) is 4. The molecule has 15 atom stereocenters. The van der Waals surface area contributed by atoms with Gasteiger partial charge in [0, 0.05) is 38.6 Å². The van der Waals surface area contributed by atoms with Crippen molar-refractivity contribution in [3.63, 3.8) is 0 Å². The van der Waals surface area contributed by atoms with Gasteiger partial charge in [0.2, 0.25) is 15.8 Å². The number of esters is 1. The van der Waals surface area contributed by atoms with Gasteiger partial charge >= 0.3 is 5.97 Å². The van der Waals surface area contributed by atoms with Gasteiger partial charge in [-0.15, -0.1) is 0 Å². The SMILES string of the molecule is CO[C@@H]1C[C@@H](C[C@@H](C)[C@@H]2CC[C@H](C)/C=C(\C)[C@@H](O)[C@@H](OC)C(=O)[C@H](C)C[C@H](C)/C=C/C=C/C=C(\C)[C@@H](NS(=O)(=O)c3cnoc3)C[C@@H]3CC[C@@H](C)[C@@](O)(O3)C(=O)C(=O)N3CCCC[C@H]3C(=O)O2)CC[C@H]1O. The lowest BCUT2D eigenvalue weighted by Crippen LogP contribution is -2.61. The topological polar surface area (TPSA) is 241 Å². The predicted octanol–water partition coefficient (Wildman–Crippen LogP) is 6.32. The maximum Gasteiger partial charge on any atom is 0.329 e. The number of cyclic esters (lactones) is 1. The number of aliphatic hydroxyl groups is 3. The van der Waals surface area contributed by atoms with Crippen LogP contribution in [0.4, 0.5) is 0 Å². The molecule has 3 fully saturated rings. The summed E-state index contributed by atoms with van der Waals surface area (Å²) in [7, 11) is -1.17. The largest absolute Gasteiger partial charge is 0.461 e. The summed E-state index contributed by atoms with van der Waals surface area (Å²) in [5.41, 5.74) is 1.14. The van der Waals surface area contributed by atoms with Crippen LogP contribution in [0.15, 0.2) is 69.5 Å². The molecule has 71 heavy (non-hydrogen) atoms. The number of ketones is 2. The third kappa shape index (κ3) is 15.3. The first-order valence-electron chi connectivity index (χ1n) is 25.6. The summed E-state index contributed by atoms with van der Waals surface area (Å²) in [4.78, 5) is 58.1. The lowest BCUT2D eigenvalue weighted by molar-refractivity contribution is -0.264. The number of amides is 1. The van der Waals surface area contributed by atoms with Gasteiger partial charge in [-0.1, -0.05) is 81.8 Å². The third-order valence-corrected chi connectivity index (χ3v) is 16.7. The number of nitrogens with one attached hydrogen (secondary N) is 1. The van der Waals surface area contributed by atoms with E-state index in [0.29, 0.717) is 68.9 Å². The van der Waals surface area contributed by atoms with Crippen LogP contribution in [-0.2, 0) is 48.1 Å². The number of aromatic nitrogens is 1. The summed E-state index contributed by atoms with van der Waals surface area (Å²) in [5.74, 6) is -7.10. The van der Waals surface area contributed by atoms with Gasteiger partial charge in [-0.2, -0.15) is 0 Å². The van der Waals surface area contributed by atoms with E-state index < -0.39 is 87.9 Å². The molecular weight excluding hydrogens is 935 g/mol. The van der Waals surface area contributed by atoms with Crippen LogP contribution in [0.1, 0.15) is 132 Å². The van der Waals surface area contributed by atoms with Gasteiger partial charge in [-0.05, 0) is 127 Å². The van der Waals surface area contributed by atoms with Gasteiger partial charge in [0.25, 0.3) is 11.7 Å². The second-order valence-electron chi connectivity index (χ2n) is 21.0. The monoisotopic (exact) mass is 1020 g/mol. The third-order valence-electron chi connectivity index (χ3n) is 15.3. The van der Waals surface area contributed by atoms with Gasteiger partial charge in [0.15, 0.2) is 5.78 Å². The average molecular weight is 1020 g/mol. The van der Waals surface area contributed by atoms with Crippen LogP contribution in [0.5, 0.6) is 0 Å². The number of methoxy groups -OCH3 is 2. The highest BCUT2D eigenvalue weighted by Crippen LogP contribution is 2.38. The molecule has 18 heteroatoms. The van der Waals surface area contributed by atoms with Crippen LogP contribution in [0.2, 0.25) is 0 Å².